The van der Waals surface area contributed by atoms with Crippen molar-refractivity contribution in [3.63, 3.8) is 0 Å². The third-order valence-corrected chi connectivity index (χ3v) is 4.08. The molecule has 0 spiro atoms. The van der Waals surface area contributed by atoms with Crippen molar-refractivity contribution in [1.29, 1.82) is 0 Å². The second-order valence-corrected chi connectivity index (χ2v) is 5.73. The van der Waals surface area contributed by atoms with E-state index in [2.05, 4.69) is 10.3 Å². The number of methoxy groups -OCH3 is 1. The van der Waals surface area contributed by atoms with Gasteiger partial charge >= 0.3 is 0 Å². The van der Waals surface area contributed by atoms with Crippen LogP contribution in [0.15, 0.2) is 48.5 Å². The molecule has 0 aliphatic rings. The first-order valence-electron chi connectivity index (χ1n) is 6.84. The molecule has 2 aromatic carbocycles. The van der Waals surface area contributed by atoms with Gasteiger partial charge in [-0.05, 0) is 35.9 Å². The van der Waals surface area contributed by atoms with Crippen LogP contribution in [0.2, 0.25) is 0 Å². The monoisotopic (exact) mass is 328 g/mol. The van der Waals surface area contributed by atoms with Crippen molar-refractivity contribution < 1.29 is 13.9 Å². The van der Waals surface area contributed by atoms with E-state index in [4.69, 9.17) is 4.74 Å². The van der Waals surface area contributed by atoms with Gasteiger partial charge < -0.3 is 4.74 Å². The molecule has 4 nitrogen and oxygen atoms in total. The average Bonchev–Trinajstić information content (AvgIpc) is 2.97. The van der Waals surface area contributed by atoms with Gasteiger partial charge in [-0.25, -0.2) is 9.37 Å². The van der Waals surface area contributed by atoms with Gasteiger partial charge in [-0.2, -0.15) is 0 Å². The van der Waals surface area contributed by atoms with Crippen molar-refractivity contribution >= 4 is 38.7 Å². The molecule has 3 aromatic rings. The number of rotatable bonds is 4. The number of hydrogen-bond acceptors (Lipinski definition) is 4. The molecule has 23 heavy (non-hydrogen) atoms. The minimum atomic E-state index is -0.395. The van der Waals surface area contributed by atoms with Gasteiger partial charge in [0.25, 0.3) is 0 Å². The molecule has 1 aromatic heterocycles. The predicted molar refractivity (Wildman–Crippen MR) is 90.2 cm³/mol. The van der Waals surface area contributed by atoms with Crippen LogP contribution in [0.4, 0.5) is 9.52 Å². The summed E-state index contributed by atoms with van der Waals surface area (Å²) in [7, 11) is 1.60. The molecule has 0 fully saturated rings. The van der Waals surface area contributed by atoms with Crippen LogP contribution in [-0.2, 0) is 4.79 Å². The number of ether oxygens (including phenoxy) is 1. The summed E-state index contributed by atoms with van der Waals surface area (Å²) in [6.45, 7) is 0. The Morgan fingerprint density at radius 1 is 1.26 bits per heavy atom. The molecule has 0 aliphatic carbocycles. The number of para-hydroxylation sites is 1. The average molecular weight is 328 g/mol. The van der Waals surface area contributed by atoms with Gasteiger partial charge in [-0.15, -0.1) is 0 Å². The molecular formula is C17H13FN2O2S. The van der Waals surface area contributed by atoms with E-state index in [1.807, 2.05) is 24.3 Å². The second-order valence-electron chi connectivity index (χ2n) is 4.70. The van der Waals surface area contributed by atoms with Crippen LogP contribution in [0.3, 0.4) is 0 Å². The first kappa shape index (κ1) is 15.2. The van der Waals surface area contributed by atoms with Crippen LogP contribution in [0.5, 0.6) is 5.75 Å². The van der Waals surface area contributed by atoms with E-state index in [0.717, 1.165) is 11.3 Å². The van der Waals surface area contributed by atoms with Crippen LogP contribution >= 0.6 is 11.3 Å². The molecule has 0 atom stereocenters. The summed E-state index contributed by atoms with van der Waals surface area (Å²) >= 11 is 1.23. The number of fused-ring (bicyclic) bond motifs is 1. The Hall–Kier alpha value is -2.73. The maximum atomic E-state index is 13.6. The van der Waals surface area contributed by atoms with Gasteiger partial charge in [0.15, 0.2) is 5.13 Å². The maximum Gasteiger partial charge on any atom is 0.250 e. The summed E-state index contributed by atoms with van der Waals surface area (Å²) in [5, 5.41) is 3.01. The highest BCUT2D eigenvalue weighted by atomic mass is 32.1. The largest absolute Gasteiger partial charge is 0.497 e. The molecule has 0 unspecified atom stereocenters. The second kappa shape index (κ2) is 6.58. The summed E-state index contributed by atoms with van der Waals surface area (Å²) in [6.07, 6.45) is 3.09. The zero-order valence-electron chi connectivity index (χ0n) is 12.2. The van der Waals surface area contributed by atoms with Crippen LogP contribution < -0.4 is 10.1 Å². The van der Waals surface area contributed by atoms with E-state index < -0.39 is 5.82 Å². The molecule has 1 amide bonds. The zero-order chi connectivity index (χ0) is 16.2. The lowest BCUT2D eigenvalue weighted by Crippen LogP contribution is -2.07. The lowest BCUT2D eigenvalue weighted by Gasteiger charge is -1.99. The quantitative estimate of drug-likeness (QED) is 0.734. The predicted octanol–water partition coefficient (Wildman–Crippen LogP) is 4.10. The fraction of sp³-hybridized carbons (Fsp3) is 0.0588. The Morgan fingerprint density at radius 2 is 2.04 bits per heavy atom. The molecule has 0 radical (unpaired) electrons. The van der Waals surface area contributed by atoms with Crippen molar-refractivity contribution in [3.8, 4) is 5.75 Å². The number of halogens is 1. The first-order chi connectivity index (χ1) is 11.2. The molecule has 3 rings (SSSR count). The number of carbonyl (C=O) groups excluding carboxylic acids is 1. The molecule has 1 heterocycles. The van der Waals surface area contributed by atoms with Crippen molar-refractivity contribution in [1.82, 2.24) is 4.98 Å². The van der Waals surface area contributed by atoms with E-state index in [-0.39, 0.29) is 11.4 Å². The number of anilines is 1. The topological polar surface area (TPSA) is 51.2 Å². The van der Waals surface area contributed by atoms with Gasteiger partial charge in [0, 0.05) is 6.08 Å². The van der Waals surface area contributed by atoms with Crippen molar-refractivity contribution in [2.24, 2.45) is 0 Å². The van der Waals surface area contributed by atoms with E-state index in [0.29, 0.717) is 9.83 Å². The molecule has 0 aliphatic heterocycles. The number of nitrogens with one attached hydrogen (secondary N) is 1. The summed E-state index contributed by atoms with van der Waals surface area (Å²) in [5.41, 5.74) is 1.14. The van der Waals surface area contributed by atoms with Gasteiger partial charge in [-0.3, -0.25) is 10.1 Å². The van der Waals surface area contributed by atoms with Crippen LogP contribution in [-0.4, -0.2) is 18.0 Å². The Balaban J connectivity index is 1.70. The molecule has 6 heteroatoms. The van der Waals surface area contributed by atoms with Gasteiger partial charge in [0.2, 0.25) is 5.91 Å². The summed E-state index contributed by atoms with van der Waals surface area (Å²) in [4.78, 5) is 16.0. The lowest BCUT2D eigenvalue weighted by atomic mass is 10.2. The highest BCUT2D eigenvalue weighted by Crippen LogP contribution is 2.27. The Bertz CT molecular complexity index is 872. The smallest absolute Gasteiger partial charge is 0.250 e. The molecule has 0 saturated carbocycles. The van der Waals surface area contributed by atoms with Crippen molar-refractivity contribution in [3.05, 3.63) is 59.9 Å². The number of benzene rings is 2. The van der Waals surface area contributed by atoms with E-state index in [9.17, 15) is 9.18 Å². The molecule has 1 N–H and O–H groups in total. The third kappa shape index (κ3) is 3.54. The Kier molecular flexibility index (Phi) is 4.34. The fourth-order valence-corrected chi connectivity index (χ4v) is 2.89. The van der Waals surface area contributed by atoms with E-state index in [1.54, 1.807) is 25.3 Å². The minimum Gasteiger partial charge on any atom is -0.497 e. The van der Waals surface area contributed by atoms with E-state index >= 15 is 0 Å². The van der Waals surface area contributed by atoms with E-state index in [1.165, 1.54) is 23.5 Å². The lowest BCUT2D eigenvalue weighted by molar-refractivity contribution is -0.111. The number of aromatic nitrogens is 1. The number of amides is 1. The molecule has 0 bridgehead atoms. The normalized spacial score (nSPS) is 11.0. The number of carbonyl (C=O) groups is 1. The van der Waals surface area contributed by atoms with Crippen LogP contribution in [0.25, 0.3) is 16.3 Å². The molecule has 0 saturated heterocycles. The van der Waals surface area contributed by atoms with Gasteiger partial charge in [-0.1, -0.05) is 29.5 Å². The summed E-state index contributed by atoms with van der Waals surface area (Å²) in [5.74, 6) is 0.0383. The maximum absolute atomic E-state index is 13.6. The van der Waals surface area contributed by atoms with Crippen LogP contribution in [0, 0.1) is 5.82 Å². The van der Waals surface area contributed by atoms with Crippen molar-refractivity contribution in [2.75, 3.05) is 12.4 Å². The third-order valence-electron chi connectivity index (χ3n) is 3.14. The van der Waals surface area contributed by atoms with Gasteiger partial charge in [0.1, 0.15) is 17.1 Å². The molecular weight excluding hydrogens is 315 g/mol. The Morgan fingerprint density at radius 3 is 2.74 bits per heavy atom. The fourth-order valence-electron chi connectivity index (χ4n) is 2.00. The van der Waals surface area contributed by atoms with Crippen LogP contribution in [0.1, 0.15) is 5.56 Å². The number of thiazole rings is 1. The number of nitrogens with zero attached hydrogens (tertiary/aromatic N) is 1. The van der Waals surface area contributed by atoms with Gasteiger partial charge in [0.05, 0.1) is 11.8 Å². The SMILES string of the molecule is COc1ccc(/C=C/C(=O)Nc2nc3c(F)cccc3s2)cc1. The molecule has 116 valence electrons. The summed E-state index contributed by atoms with van der Waals surface area (Å²) in [6, 6.07) is 12.0. The number of hydrogen-bond donors (Lipinski definition) is 1. The van der Waals surface area contributed by atoms with Crippen molar-refractivity contribution in [2.45, 2.75) is 0 Å². The summed E-state index contributed by atoms with van der Waals surface area (Å²) < 4.78 is 19.3. The first-order valence-corrected chi connectivity index (χ1v) is 7.65. The Labute approximate surface area is 136 Å². The highest BCUT2D eigenvalue weighted by Gasteiger charge is 2.09. The standard InChI is InChI=1S/C17H13FN2O2S/c1-22-12-8-5-11(6-9-12)7-10-15(21)19-17-20-16-13(18)3-2-4-14(16)23-17/h2-10H,1H3,(H,19,20,21)/b10-7+. The highest BCUT2D eigenvalue weighted by molar-refractivity contribution is 7.22. The zero-order valence-corrected chi connectivity index (χ0v) is 13.1. The minimum absolute atomic E-state index is 0.270.